The quantitative estimate of drug-likeness (QED) is 0.826. The van der Waals surface area contributed by atoms with Crippen LogP contribution in [0.25, 0.3) is 0 Å². The zero-order chi connectivity index (χ0) is 13.5. The summed E-state index contributed by atoms with van der Waals surface area (Å²) in [4.78, 5) is 11.6. The maximum absolute atomic E-state index is 11.6. The lowest BCUT2D eigenvalue weighted by atomic mass is 10.2. The third kappa shape index (κ3) is 3.86. The SMILES string of the molecule is O=C(COc1ccccc1CO)NCc1ccco1. The second-order valence-corrected chi connectivity index (χ2v) is 3.91. The van der Waals surface area contributed by atoms with Crippen molar-refractivity contribution in [2.45, 2.75) is 13.2 Å². The van der Waals surface area contributed by atoms with Crippen molar-refractivity contribution in [3.63, 3.8) is 0 Å². The molecule has 1 aromatic heterocycles. The number of carbonyl (C=O) groups is 1. The summed E-state index contributed by atoms with van der Waals surface area (Å²) in [6.07, 6.45) is 1.55. The molecule has 0 unspecified atom stereocenters. The van der Waals surface area contributed by atoms with E-state index in [0.717, 1.165) is 0 Å². The lowest BCUT2D eigenvalue weighted by Crippen LogP contribution is -2.28. The number of aliphatic hydroxyl groups excluding tert-OH is 1. The number of para-hydroxylation sites is 1. The second kappa shape index (κ2) is 6.61. The van der Waals surface area contributed by atoms with Crippen LogP contribution >= 0.6 is 0 Å². The van der Waals surface area contributed by atoms with Gasteiger partial charge in [0.25, 0.3) is 5.91 Å². The maximum atomic E-state index is 11.6. The van der Waals surface area contributed by atoms with Crippen LogP contribution in [0.15, 0.2) is 47.1 Å². The van der Waals surface area contributed by atoms with E-state index in [1.165, 1.54) is 0 Å². The number of furan rings is 1. The summed E-state index contributed by atoms with van der Waals surface area (Å²) in [6.45, 7) is 0.110. The second-order valence-electron chi connectivity index (χ2n) is 3.91. The Bertz CT molecular complexity index is 522. The maximum Gasteiger partial charge on any atom is 0.258 e. The van der Waals surface area contributed by atoms with Gasteiger partial charge in [-0.1, -0.05) is 18.2 Å². The third-order valence-corrected chi connectivity index (χ3v) is 2.54. The van der Waals surface area contributed by atoms with Crippen molar-refractivity contribution in [3.8, 4) is 5.75 Å². The van der Waals surface area contributed by atoms with Gasteiger partial charge in [-0.3, -0.25) is 4.79 Å². The number of ether oxygens (including phenoxy) is 1. The van der Waals surface area contributed by atoms with E-state index < -0.39 is 0 Å². The molecule has 5 heteroatoms. The number of aliphatic hydroxyl groups is 1. The molecule has 1 aromatic carbocycles. The van der Waals surface area contributed by atoms with E-state index in [4.69, 9.17) is 14.3 Å². The fraction of sp³-hybridized carbons (Fsp3) is 0.214. The molecule has 5 nitrogen and oxygen atoms in total. The molecule has 0 aliphatic rings. The van der Waals surface area contributed by atoms with E-state index in [1.807, 2.05) is 0 Å². The Balaban J connectivity index is 1.80. The van der Waals surface area contributed by atoms with Gasteiger partial charge >= 0.3 is 0 Å². The molecular formula is C14H15NO4. The number of nitrogens with one attached hydrogen (secondary N) is 1. The fourth-order valence-corrected chi connectivity index (χ4v) is 1.57. The lowest BCUT2D eigenvalue weighted by molar-refractivity contribution is -0.123. The Morgan fingerprint density at radius 1 is 1.26 bits per heavy atom. The van der Waals surface area contributed by atoms with Gasteiger partial charge in [0.15, 0.2) is 6.61 Å². The molecular weight excluding hydrogens is 246 g/mol. The molecule has 0 aliphatic heterocycles. The number of benzene rings is 1. The molecule has 0 saturated carbocycles. The number of amides is 1. The molecule has 0 radical (unpaired) electrons. The van der Waals surface area contributed by atoms with Crippen LogP contribution in [0.4, 0.5) is 0 Å². The van der Waals surface area contributed by atoms with Gasteiger partial charge in [-0.05, 0) is 18.2 Å². The first-order chi connectivity index (χ1) is 9.29. The summed E-state index contributed by atoms with van der Waals surface area (Å²) in [5.74, 6) is 0.950. The Morgan fingerprint density at radius 2 is 2.11 bits per heavy atom. The summed E-state index contributed by atoms with van der Waals surface area (Å²) >= 11 is 0. The number of rotatable bonds is 6. The average Bonchev–Trinajstić information content (AvgIpc) is 2.96. The predicted molar refractivity (Wildman–Crippen MR) is 68.4 cm³/mol. The van der Waals surface area contributed by atoms with Gasteiger partial charge in [0.1, 0.15) is 11.5 Å². The standard InChI is InChI=1S/C14H15NO4/c16-9-11-4-1-2-6-13(11)19-10-14(17)15-8-12-5-3-7-18-12/h1-7,16H,8-10H2,(H,15,17). The molecule has 1 amide bonds. The summed E-state index contributed by atoms with van der Waals surface area (Å²) in [5.41, 5.74) is 0.654. The molecule has 0 bridgehead atoms. The van der Waals surface area contributed by atoms with E-state index in [9.17, 15) is 4.79 Å². The van der Waals surface area contributed by atoms with Crippen LogP contribution in [0.5, 0.6) is 5.75 Å². The molecule has 0 atom stereocenters. The van der Waals surface area contributed by atoms with Gasteiger partial charge < -0.3 is 19.6 Å². The minimum atomic E-state index is -0.246. The highest BCUT2D eigenvalue weighted by Crippen LogP contribution is 2.17. The molecule has 0 fully saturated rings. The molecule has 2 N–H and O–H groups in total. The monoisotopic (exact) mass is 261 g/mol. The van der Waals surface area contributed by atoms with Gasteiger partial charge in [-0.15, -0.1) is 0 Å². The minimum Gasteiger partial charge on any atom is -0.483 e. The topological polar surface area (TPSA) is 71.7 Å². The van der Waals surface area contributed by atoms with Crippen molar-refractivity contribution in [1.82, 2.24) is 5.32 Å². The highest BCUT2D eigenvalue weighted by Gasteiger charge is 2.06. The van der Waals surface area contributed by atoms with Crippen LogP contribution in [-0.4, -0.2) is 17.6 Å². The van der Waals surface area contributed by atoms with Gasteiger partial charge in [0.2, 0.25) is 0 Å². The zero-order valence-corrected chi connectivity index (χ0v) is 10.3. The Labute approximate surface area is 110 Å². The summed E-state index contributed by atoms with van der Waals surface area (Å²) in [7, 11) is 0. The van der Waals surface area contributed by atoms with Crippen molar-refractivity contribution in [3.05, 3.63) is 54.0 Å². The Morgan fingerprint density at radius 3 is 2.84 bits per heavy atom. The molecule has 2 aromatic rings. The van der Waals surface area contributed by atoms with Crippen LogP contribution in [0.2, 0.25) is 0 Å². The number of carbonyl (C=O) groups excluding carboxylic acids is 1. The summed E-state index contributed by atoms with van der Waals surface area (Å²) in [6, 6.07) is 10.6. The van der Waals surface area contributed by atoms with Crippen LogP contribution < -0.4 is 10.1 Å². The lowest BCUT2D eigenvalue weighted by Gasteiger charge is -2.09. The zero-order valence-electron chi connectivity index (χ0n) is 10.3. The smallest absolute Gasteiger partial charge is 0.258 e. The summed E-state index contributed by atoms with van der Waals surface area (Å²) in [5, 5.41) is 11.8. The van der Waals surface area contributed by atoms with E-state index in [0.29, 0.717) is 23.6 Å². The largest absolute Gasteiger partial charge is 0.483 e. The fourth-order valence-electron chi connectivity index (χ4n) is 1.57. The van der Waals surface area contributed by atoms with Crippen molar-refractivity contribution < 1.29 is 19.1 Å². The first-order valence-electron chi connectivity index (χ1n) is 5.90. The average molecular weight is 261 g/mol. The summed E-state index contributed by atoms with van der Waals surface area (Å²) < 4.78 is 10.5. The minimum absolute atomic E-state index is 0.0995. The Kier molecular flexibility index (Phi) is 4.58. The molecule has 100 valence electrons. The van der Waals surface area contributed by atoms with Crippen molar-refractivity contribution >= 4 is 5.91 Å². The van der Waals surface area contributed by atoms with Crippen LogP contribution in [0, 0.1) is 0 Å². The van der Waals surface area contributed by atoms with Crippen LogP contribution in [0.1, 0.15) is 11.3 Å². The van der Waals surface area contributed by atoms with E-state index in [-0.39, 0.29) is 19.1 Å². The van der Waals surface area contributed by atoms with Crippen molar-refractivity contribution in [1.29, 1.82) is 0 Å². The molecule has 19 heavy (non-hydrogen) atoms. The van der Waals surface area contributed by atoms with Gasteiger partial charge in [0.05, 0.1) is 19.4 Å². The Hall–Kier alpha value is -2.27. The predicted octanol–water partition coefficient (Wildman–Crippen LogP) is 1.47. The molecule has 0 spiro atoms. The molecule has 0 aliphatic carbocycles. The number of hydrogen-bond donors (Lipinski definition) is 2. The first-order valence-corrected chi connectivity index (χ1v) is 5.90. The first kappa shape index (κ1) is 13.2. The molecule has 1 heterocycles. The highest BCUT2D eigenvalue weighted by atomic mass is 16.5. The van der Waals surface area contributed by atoms with E-state index in [1.54, 1.807) is 42.7 Å². The van der Waals surface area contributed by atoms with Crippen LogP contribution in [-0.2, 0) is 17.9 Å². The van der Waals surface area contributed by atoms with Crippen LogP contribution in [0.3, 0.4) is 0 Å². The van der Waals surface area contributed by atoms with Gasteiger partial charge in [-0.25, -0.2) is 0 Å². The van der Waals surface area contributed by atoms with E-state index >= 15 is 0 Å². The number of hydrogen-bond acceptors (Lipinski definition) is 4. The van der Waals surface area contributed by atoms with E-state index in [2.05, 4.69) is 5.32 Å². The van der Waals surface area contributed by atoms with Crippen molar-refractivity contribution in [2.24, 2.45) is 0 Å². The molecule has 0 saturated heterocycles. The highest BCUT2D eigenvalue weighted by molar-refractivity contribution is 5.77. The van der Waals surface area contributed by atoms with Gasteiger partial charge in [0, 0.05) is 5.56 Å². The third-order valence-electron chi connectivity index (χ3n) is 2.54. The van der Waals surface area contributed by atoms with Gasteiger partial charge in [-0.2, -0.15) is 0 Å². The molecule has 2 rings (SSSR count). The normalized spacial score (nSPS) is 10.2. The van der Waals surface area contributed by atoms with Crippen molar-refractivity contribution in [2.75, 3.05) is 6.61 Å².